The Morgan fingerprint density at radius 3 is 1.36 bits per heavy atom. The van der Waals surface area contributed by atoms with Crippen molar-refractivity contribution in [1.82, 2.24) is 21.3 Å². The van der Waals surface area contributed by atoms with Crippen LogP contribution in [0.4, 0.5) is 0 Å². The van der Waals surface area contributed by atoms with Gasteiger partial charge < -0.3 is 37.8 Å². The maximum atomic E-state index is 11.0. The zero-order valence-electron chi connectivity index (χ0n) is 21.5. The predicted molar refractivity (Wildman–Crippen MR) is 162 cm³/mol. The summed E-state index contributed by atoms with van der Waals surface area (Å²) in [5, 5.41) is 18.0. The Labute approximate surface area is 238 Å². The predicted octanol–water partition coefficient (Wildman–Crippen LogP) is 1.18. The Hall–Kier alpha value is -1.79. The van der Waals surface area contributed by atoms with Crippen LogP contribution in [-0.2, 0) is 24.0 Å². The third kappa shape index (κ3) is 53.5. The van der Waals surface area contributed by atoms with Gasteiger partial charge in [0.1, 0.15) is 6.54 Å². The molecular weight excluding hydrogens is 698 g/mol. The monoisotopic (exact) mass is 742 g/mol. The molecule has 0 rings (SSSR count). The van der Waals surface area contributed by atoms with Gasteiger partial charge in [-0.1, -0.05) is 19.1 Å². The Morgan fingerprint density at radius 2 is 1.08 bits per heavy atom. The highest BCUT2D eigenvalue weighted by Crippen LogP contribution is 1.89. The zero-order valence-corrected chi connectivity index (χ0v) is 25.9. The molecule has 14 heteroatoms. The van der Waals surface area contributed by atoms with Gasteiger partial charge in [-0.05, 0) is 33.2 Å². The summed E-state index contributed by atoms with van der Waals surface area (Å²) in [6.07, 6.45) is 5.19. The second-order valence-electron chi connectivity index (χ2n) is 6.12. The summed E-state index contributed by atoms with van der Waals surface area (Å²) < 4.78 is 0. The lowest BCUT2D eigenvalue weighted by atomic mass is 10.3. The minimum Gasteiger partial charge on any atom is -0.480 e. The molecule has 12 nitrogen and oxygen atoms in total. The first-order chi connectivity index (χ1) is 17.1. The van der Waals surface area contributed by atoms with E-state index in [4.69, 9.17) is 16.6 Å². The van der Waals surface area contributed by atoms with Crippen LogP contribution >= 0.6 is 37.2 Å². The van der Waals surface area contributed by atoms with Crippen molar-refractivity contribution in [1.29, 1.82) is 0 Å². The number of allylic oxidation sites excluding steroid dienone is 2. The van der Waals surface area contributed by atoms with E-state index in [-0.39, 0.29) is 43.3 Å². The van der Waals surface area contributed by atoms with E-state index < -0.39 is 5.97 Å². The molecule has 4 amide bonds. The van der Waals surface area contributed by atoms with E-state index in [2.05, 4.69) is 71.7 Å². The van der Waals surface area contributed by atoms with Crippen LogP contribution in [0.1, 0.15) is 46.5 Å². The van der Waals surface area contributed by atoms with Crippen molar-refractivity contribution in [2.75, 3.05) is 39.3 Å². The highest BCUT2D eigenvalue weighted by molar-refractivity contribution is 15.0. The van der Waals surface area contributed by atoms with Gasteiger partial charge in [0, 0.05) is 63.2 Å². The topological polar surface area (TPSA) is 206 Å². The molecule has 0 aromatic rings. The molecule has 0 spiro atoms. The van der Waals surface area contributed by atoms with E-state index >= 15 is 0 Å². The number of carboxylic acids is 1. The highest BCUT2D eigenvalue weighted by Gasteiger charge is 2.02. The largest absolute Gasteiger partial charge is 0.480 e. The summed E-state index contributed by atoms with van der Waals surface area (Å²) in [7, 11) is 0. The van der Waals surface area contributed by atoms with E-state index in [1.165, 1.54) is 0 Å². The lowest BCUT2D eigenvalue weighted by Crippen LogP contribution is -2.36. The molecule has 0 bridgehead atoms. The van der Waals surface area contributed by atoms with Crippen molar-refractivity contribution < 1.29 is 29.1 Å². The van der Waals surface area contributed by atoms with E-state index in [0.29, 0.717) is 38.8 Å². The number of hydrogen-bond donors (Lipinski definition) is 7. The molecule has 0 fully saturated rings. The molecular formula is C22H44I2N6O6. The fraction of sp³-hybridized carbons (Fsp3) is 0.591. The van der Waals surface area contributed by atoms with Crippen molar-refractivity contribution in [3.63, 3.8) is 0 Å². The molecule has 0 unspecified atom stereocenters. The summed E-state index contributed by atoms with van der Waals surface area (Å²) in [5.41, 5.74) is 9.79. The number of carbonyl (C=O) groups is 5. The number of nitrogens with one attached hydrogen (secondary N) is 4. The van der Waals surface area contributed by atoms with Gasteiger partial charge >= 0.3 is 5.97 Å². The Balaban J connectivity index is -0.000000126. The maximum Gasteiger partial charge on any atom is 0.322 e. The molecule has 0 aromatic heterocycles. The van der Waals surface area contributed by atoms with Gasteiger partial charge in [0.05, 0.1) is 13.1 Å². The van der Waals surface area contributed by atoms with Crippen molar-refractivity contribution >= 4 is 66.8 Å². The van der Waals surface area contributed by atoms with Crippen LogP contribution in [0, 0.1) is 0 Å². The van der Waals surface area contributed by atoms with E-state index in [1.54, 1.807) is 12.2 Å². The van der Waals surface area contributed by atoms with Crippen LogP contribution in [0.3, 0.4) is 0 Å². The van der Waals surface area contributed by atoms with Crippen molar-refractivity contribution in [2.24, 2.45) is 11.5 Å². The third-order valence-corrected chi connectivity index (χ3v) is 2.97. The molecule has 212 valence electrons. The SMILES string of the molecule is C=CCCC(=O)NCC(=O)NCC.C=CCCC(=O)NCC(=O)O.CCN.CCNC(=O)CN.II. The van der Waals surface area contributed by atoms with Crippen LogP contribution in [-0.4, -0.2) is 74.0 Å². The second kappa shape index (κ2) is 40.4. The van der Waals surface area contributed by atoms with Crippen LogP contribution in [0.15, 0.2) is 25.3 Å². The summed E-state index contributed by atoms with van der Waals surface area (Å²) in [6.45, 7) is 14.4. The minimum absolute atomic E-state index is 0.0593. The lowest BCUT2D eigenvalue weighted by molar-refractivity contribution is -0.138. The number of aliphatic carboxylic acids is 1. The summed E-state index contributed by atoms with van der Waals surface area (Å²) in [6, 6.07) is 0. The molecule has 0 aromatic carbocycles. The fourth-order valence-electron chi connectivity index (χ4n) is 1.53. The quantitative estimate of drug-likeness (QED) is 0.108. The van der Waals surface area contributed by atoms with Gasteiger partial charge in [-0.2, -0.15) is 0 Å². The number of nitrogens with two attached hydrogens (primary N) is 2. The standard InChI is InChI=1S/C9H16N2O2.C7H11NO3.C4H10N2O.C2H7N.I2/c1-3-5-6-8(12)11-7-9(13)10-4-2;1-2-3-4-6(9)8-5-7(10)11;1-2-6-4(7)3-5;1-2-3;1-2/h3H,1,4-7H2,2H3,(H,10,13)(H,11,12);2H,1,3-5H2,(H,8,9)(H,10,11);2-3,5H2,1H3,(H,6,7);2-3H2,1H3;. The average Bonchev–Trinajstić information content (AvgIpc) is 2.86. The highest BCUT2D eigenvalue weighted by atomic mass is 128. The summed E-state index contributed by atoms with van der Waals surface area (Å²) >= 11 is 4.24. The third-order valence-electron chi connectivity index (χ3n) is 2.97. The zero-order chi connectivity index (χ0) is 29.2. The van der Waals surface area contributed by atoms with E-state index in [1.807, 2.05) is 20.8 Å². The van der Waals surface area contributed by atoms with Crippen LogP contribution in [0.2, 0.25) is 0 Å². The molecule has 0 aliphatic heterocycles. The fourth-order valence-corrected chi connectivity index (χ4v) is 1.53. The molecule has 9 N–H and O–H groups in total. The number of rotatable bonds is 13. The first-order valence-corrected chi connectivity index (χ1v) is 17.4. The van der Waals surface area contributed by atoms with Gasteiger partial charge in [-0.15, -0.1) is 13.2 Å². The van der Waals surface area contributed by atoms with Gasteiger partial charge in [0.15, 0.2) is 0 Å². The van der Waals surface area contributed by atoms with E-state index in [0.717, 1.165) is 6.54 Å². The first-order valence-electron chi connectivity index (χ1n) is 11.1. The maximum absolute atomic E-state index is 11.0. The van der Waals surface area contributed by atoms with Gasteiger partial charge in [0.25, 0.3) is 0 Å². The lowest BCUT2D eigenvalue weighted by Gasteiger charge is -2.03. The minimum atomic E-state index is -1.03. The molecule has 0 aliphatic carbocycles. The van der Waals surface area contributed by atoms with Crippen LogP contribution in [0.5, 0.6) is 0 Å². The van der Waals surface area contributed by atoms with Gasteiger partial charge in [-0.3, -0.25) is 24.0 Å². The van der Waals surface area contributed by atoms with Crippen molar-refractivity contribution in [2.45, 2.75) is 46.5 Å². The van der Waals surface area contributed by atoms with E-state index in [9.17, 15) is 24.0 Å². The second-order valence-corrected chi connectivity index (χ2v) is 6.12. The number of carbonyl (C=O) groups excluding carboxylic acids is 4. The normalized spacial score (nSPS) is 8.19. The number of amides is 4. The number of hydrogen-bond acceptors (Lipinski definition) is 7. The summed E-state index contributed by atoms with van der Waals surface area (Å²) in [4.78, 5) is 52.6. The number of likely N-dealkylation sites (N-methyl/N-ethyl adjacent to an activating group) is 2. The Bertz CT molecular complexity index is 595. The van der Waals surface area contributed by atoms with Crippen LogP contribution < -0.4 is 32.7 Å². The molecule has 36 heavy (non-hydrogen) atoms. The molecule has 0 saturated carbocycles. The summed E-state index contributed by atoms with van der Waals surface area (Å²) in [5.74, 6) is -1.66. The smallest absolute Gasteiger partial charge is 0.322 e. The van der Waals surface area contributed by atoms with Gasteiger partial charge in [-0.25, -0.2) is 0 Å². The molecule has 0 radical (unpaired) electrons. The molecule has 0 aliphatic rings. The first kappa shape index (κ1) is 44.2. The van der Waals surface area contributed by atoms with Crippen molar-refractivity contribution in [3.05, 3.63) is 25.3 Å². The van der Waals surface area contributed by atoms with Gasteiger partial charge in [0.2, 0.25) is 23.6 Å². The molecule has 0 heterocycles. The average molecular weight is 742 g/mol. The number of halogens is 2. The Morgan fingerprint density at radius 1 is 0.722 bits per heavy atom. The number of carboxylic acid groups (broad SMARTS) is 1. The molecule has 0 saturated heterocycles. The van der Waals surface area contributed by atoms with Crippen molar-refractivity contribution in [3.8, 4) is 0 Å². The van der Waals surface area contributed by atoms with Crippen LogP contribution in [0.25, 0.3) is 0 Å². The molecule has 0 atom stereocenters. The Kier molecular flexibility index (Phi) is 49.6.